The van der Waals surface area contributed by atoms with Gasteiger partial charge in [0.2, 0.25) is 0 Å². The molecule has 0 aromatic heterocycles. The Morgan fingerprint density at radius 1 is 1.03 bits per heavy atom. The number of carboxylic acids is 2. The van der Waals surface area contributed by atoms with E-state index in [-0.39, 0.29) is 11.8 Å². The van der Waals surface area contributed by atoms with Crippen molar-refractivity contribution in [1.29, 1.82) is 0 Å². The van der Waals surface area contributed by atoms with Crippen LogP contribution in [0, 0.1) is 0 Å². The molecule has 0 saturated carbocycles. The number of carbonyl (C=O) groups is 2. The second kappa shape index (κ2) is 16.2. The minimum Gasteiger partial charge on any atom is -0.478 e. The van der Waals surface area contributed by atoms with Gasteiger partial charge in [0.05, 0.1) is 10.6 Å². The monoisotopic (exact) mass is 501 g/mol. The van der Waals surface area contributed by atoms with Crippen molar-refractivity contribution < 1.29 is 28.2 Å². The predicted octanol–water partition coefficient (Wildman–Crippen LogP) is 2.10. The summed E-state index contributed by atoms with van der Waals surface area (Å²) in [5.41, 5.74) is 0. The highest BCUT2D eigenvalue weighted by atomic mass is 32.2. The average molecular weight is 502 g/mol. The molecule has 33 heavy (non-hydrogen) atoms. The third-order valence-corrected chi connectivity index (χ3v) is 6.64. The van der Waals surface area contributed by atoms with Crippen molar-refractivity contribution >= 4 is 39.1 Å². The Morgan fingerprint density at radius 2 is 1.55 bits per heavy atom. The normalized spacial score (nSPS) is 11.2. The van der Waals surface area contributed by atoms with E-state index in [0.717, 1.165) is 26.2 Å². The predicted molar refractivity (Wildman–Crippen MR) is 133 cm³/mol. The van der Waals surface area contributed by atoms with Gasteiger partial charge in [0, 0.05) is 37.8 Å². The summed E-state index contributed by atoms with van der Waals surface area (Å²) < 4.78 is 24.9. The first kappa shape index (κ1) is 30.5. The van der Waals surface area contributed by atoms with Gasteiger partial charge in [-0.25, -0.2) is 18.0 Å². The number of hydrogen-bond acceptors (Lipinski definition) is 6. The van der Waals surface area contributed by atoms with Gasteiger partial charge in [-0.2, -0.15) is 0 Å². The van der Waals surface area contributed by atoms with Crippen LogP contribution in [0.4, 0.5) is 0 Å². The van der Waals surface area contributed by atoms with Gasteiger partial charge < -0.3 is 25.3 Å². The van der Waals surface area contributed by atoms with E-state index >= 15 is 0 Å². The molecule has 0 radical (unpaired) electrons. The zero-order valence-electron chi connectivity index (χ0n) is 19.6. The van der Waals surface area contributed by atoms with Crippen molar-refractivity contribution in [3.63, 3.8) is 0 Å². The van der Waals surface area contributed by atoms with Crippen molar-refractivity contribution in [2.75, 3.05) is 38.5 Å². The van der Waals surface area contributed by atoms with Gasteiger partial charge in [-0.05, 0) is 51.3 Å². The second-order valence-corrected chi connectivity index (χ2v) is 9.68. The Hall–Kier alpha value is -2.50. The summed E-state index contributed by atoms with van der Waals surface area (Å²) in [7, 11) is -3.30. The minimum atomic E-state index is -3.30. The first-order valence-electron chi connectivity index (χ1n) is 10.6. The number of nitrogens with one attached hydrogen (secondary N) is 1. The molecule has 1 aromatic carbocycles. The summed E-state index contributed by atoms with van der Waals surface area (Å²) in [4.78, 5) is 23.7. The Labute approximate surface area is 202 Å². The lowest BCUT2D eigenvalue weighted by atomic mass is 10.3. The molecule has 11 heteroatoms. The van der Waals surface area contributed by atoms with E-state index in [1.165, 1.54) is 0 Å². The lowest BCUT2D eigenvalue weighted by molar-refractivity contribution is -0.134. The number of aliphatic carboxylic acids is 2. The lowest BCUT2D eigenvalue weighted by Gasteiger charge is -2.30. The number of rotatable bonds is 12. The highest BCUT2D eigenvalue weighted by molar-refractivity contribution is 7.91. The molecule has 0 aliphatic heterocycles. The van der Waals surface area contributed by atoms with E-state index < -0.39 is 21.8 Å². The highest BCUT2D eigenvalue weighted by Gasteiger charge is 2.19. The van der Waals surface area contributed by atoms with Crippen LogP contribution in [-0.2, 0) is 19.4 Å². The molecule has 0 atom stereocenters. The van der Waals surface area contributed by atoms with E-state index in [0.29, 0.717) is 28.7 Å². The lowest BCUT2D eigenvalue weighted by Crippen LogP contribution is -2.47. The molecular formula is C22H35N3O6S2. The Bertz CT molecular complexity index is 853. The molecule has 0 aliphatic rings. The molecule has 0 amide bonds. The van der Waals surface area contributed by atoms with Crippen LogP contribution in [-0.4, -0.2) is 90.0 Å². The number of thiocarbonyl (C=S) groups is 1. The molecule has 0 heterocycles. The molecule has 186 valence electrons. The van der Waals surface area contributed by atoms with Crippen LogP contribution >= 0.6 is 12.2 Å². The van der Waals surface area contributed by atoms with Crippen LogP contribution in [0.2, 0.25) is 0 Å². The molecule has 1 aromatic rings. The maximum absolute atomic E-state index is 12.5. The van der Waals surface area contributed by atoms with Crippen molar-refractivity contribution in [3.05, 3.63) is 42.5 Å². The Kier molecular flexibility index (Phi) is 14.9. The molecule has 0 spiro atoms. The van der Waals surface area contributed by atoms with Crippen LogP contribution in [0.5, 0.6) is 0 Å². The third-order valence-electron chi connectivity index (χ3n) is 4.55. The average Bonchev–Trinajstić information content (AvgIpc) is 2.76. The molecule has 0 saturated heterocycles. The second-order valence-electron chi connectivity index (χ2n) is 7.19. The summed E-state index contributed by atoms with van der Waals surface area (Å²) in [6.07, 6.45) is 1.12. The van der Waals surface area contributed by atoms with Gasteiger partial charge in [0.15, 0.2) is 14.9 Å². The van der Waals surface area contributed by atoms with Gasteiger partial charge in [0.25, 0.3) is 0 Å². The molecule has 3 N–H and O–H groups in total. The maximum atomic E-state index is 12.5. The van der Waals surface area contributed by atoms with Crippen molar-refractivity contribution in [3.8, 4) is 0 Å². The SMILES string of the molecule is CCN(CC)CCNC(=S)N(CCS(=O)(=O)c1ccccc1)C(C)C.O=C(O)/C=C\C(=O)O. The highest BCUT2D eigenvalue weighted by Crippen LogP contribution is 2.11. The van der Waals surface area contributed by atoms with Crippen LogP contribution in [0.1, 0.15) is 27.7 Å². The summed E-state index contributed by atoms with van der Waals surface area (Å²) in [5.74, 6) is -2.47. The first-order valence-corrected chi connectivity index (χ1v) is 12.7. The number of likely N-dealkylation sites (N-methyl/N-ethyl adjacent to an activating group) is 1. The molecule has 1 rings (SSSR count). The number of benzene rings is 1. The van der Waals surface area contributed by atoms with Crippen LogP contribution in [0.25, 0.3) is 0 Å². The first-order chi connectivity index (χ1) is 15.4. The van der Waals surface area contributed by atoms with Gasteiger partial charge in [-0.15, -0.1) is 0 Å². The van der Waals surface area contributed by atoms with Gasteiger partial charge >= 0.3 is 11.9 Å². The number of sulfone groups is 1. The standard InChI is InChI=1S/C18H31N3O2S2.C4H4O4/c1-5-20(6-2)13-12-19-18(24)21(16(3)4)14-15-25(22,23)17-10-8-7-9-11-17;5-3(6)1-2-4(7)8/h7-11,16H,5-6,12-15H2,1-4H3,(H,19,24);1-2H,(H,5,6)(H,7,8)/b;2-1-. The largest absolute Gasteiger partial charge is 0.478 e. The van der Waals surface area contributed by atoms with Crippen molar-refractivity contribution in [2.24, 2.45) is 0 Å². The summed E-state index contributed by atoms with van der Waals surface area (Å²) >= 11 is 5.48. The summed E-state index contributed by atoms with van der Waals surface area (Å²) in [6.45, 7) is 12.4. The fourth-order valence-corrected chi connectivity index (χ4v) is 4.31. The smallest absolute Gasteiger partial charge is 0.328 e. The van der Waals surface area contributed by atoms with Gasteiger partial charge in [0.1, 0.15) is 0 Å². The molecule has 0 aliphatic carbocycles. The number of hydrogen-bond donors (Lipinski definition) is 3. The van der Waals surface area contributed by atoms with E-state index in [1.54, 1.807) is 24.3 Å². The van der Waals surface area contributed by atoms with Crippen molar-refractivity contribution in [2.45, 2.75) is 38.6 Å². The molecule has 0 bridgehead atoms. The quantitative estimate of drug-likeness (QED) is 0.289. The third kappa shape index (κ3) is 13.6. The maximum Gasteiger partial charge on any atom is 0.328 e. The van der Waals surface area contributed by atoms with Crippen molar-refractivity contribution in [1.82, 2.24) is 15.1 Å². The van der Waals surface area contributed by atoms with E-state index in [4.69, 9.17) is 22.4 Å². The number of carboxylic acid groups (broad SMARTS) is 2. The van der Waals surface area contributed by atoms with Gasteiger partial charge in [-0.3, -0.25) is 0 Å². The van der Waals surface area contributed by atoms with Gasteiger partial charge in [-0.1, -0.05) is 32.0 Å². The zero-order valence-corrected chi connectivity index (χ0v) is 21.2. The Balaban J connectivity index is 0.00000109. The molecule has 0 unspecified atom stereocenters. The number of nitrogens with zero attached hydrogens (tertiary/aromatic N) is 2. The van der Waals surface area contributed by atoms with E-state index in [9.17, 15) is 18.0 Å². The molecule has 0 fully saturated rings. The van der Waals surface area contributed by atoms with E-state index in [1.807, 2.05) is 24.8 Å². The molecule has 9 nitrogen and oxygen atoms in total. The Morgan fingerprint density at radius 3 is 1.97 bits per heavy atom. The minimum absolute atomic E-state index is 0.0487. The van der Waals surface area contributed by atoms with E-state index in [2.05, 4.69) is 24.1 Å². The van der Waals surface area contributed by atoms with Crippen LogP contribution in [0.3, 0.4) is 0 Å². The summed E-state index contributed by atoms with van der Waals surface area (Å²) in [5, 5.41) is 19.5. The fourth-order valence-electron chi connectivity index (χ4n) is 2.66. The van der Waals surface area contributed by atoms with Crippen LogP contribution in [0.15, 0.2) is 47.4 Å². The molecular weight excluding hydrogens is 466 g/mol. The van der Waals surface area contributed by atoms with Crippen LogP contribution < -0.4 is 5.32 Å². The fraction of sp³-hybridized carbons (Fsp3) is 0.500. The summed E-state index contributed by atoms with van der Waals surface area (Å²) in [6, 6.07) is 8.71. The zero-order chi connectivity index (χ0) is 25.4. The topological polar surface area (TPSA) is 127 Å².